The first-order chi connectivity index (χ1) is 12.5. The van der Waals surface area contributed by atoms with Gasteiger partial charge >= 0.3 is 0 Å². The van der Waals surface area contributed by atoms with Gasteiger partial charge in [0.1, 0.15) is 5.65 Å². The van der Waals surface area contributed by atoms with Crippen LogP contribution in [0.25, 0.3) is 22.2 Å². The number of hydrogen-bond acceptors (Lipinski definition) is 3. The van der Waals surface area contributed by atoms with Crippen LogP contribution in [0.2, 0.25) is 0 Å². The molecule has 7 heteroatoms. The maximum atomic E-state index is 11.7. The van der Waals surface area contributed by atoms with Crippen LogP contribution in [-0.2, 0) is 11.3 Å². The van der Waals surface area contributed by atoms with E-state index < -0.39 is 11.3 Å². The van der Waals surface area contributed by atoms with Crippen molar-refractivity contribution < 1.29 is 8.76 Å². The van der Waals surface area contributed by atoms with Crippen molar-refractivity contribution >= 4 is 22.3 Å². The van der Waals surface area contributed by atoms with E-state index in [9.17, 15) is 13.6 Å². The van der Waals surface area contributed by atoms with E-state index in [0.717, 1.165) is 34.9 Å². The number of benzene rings is 1. The van der Waals surface area contributed by atoms with E-state index in [1.165, 1.54) is 6.07 Å². The van der Waals surface area contributed by atoms with Crippen LogP contribution in [-0.4, -0.2) is 29.1 Å². The lowest BCUT2D eigenvalue weighted by Crippen LogP contribution is -2.30. The second-order valence-electron chi connectivity index (χ2n) is 6.56. The lowest BCUT2D eigenvalue weighted by atomic mass is 9.99. The van der Waals surface area contributed by atoms with Crippen LogP contribution in [0, 0.1) is 0 Å². The molecule has 0 amide bonds. The lowest BCUT2D eigenvalue weighted by molar-refractivity contribution is 0.325. The van der Waals surface area contributed by atoms with Gasteiger partial charge in [-0.1, -0.05) is 24.3 Å². The van der Waals surface area contributed by atoms with E-state index in [4.69, 9.17) is 0 Å². The van der Waals surface area contributed by atoms with Crippen LogP contribution < -0.4 is 5.56 Å². The molecule has 0 saturated heterocycles. The number of nitrogens with one attached hydrogen (secondary N) is 1. The molecule has 0 bridgehead atoms. The lowest BCUT2D eigenvalue weighted by Gasteiger charge is -2.25. The third kappa shape index (κ3) is 3.21. The molecule has 6 nitrogen and oxygen atoms in total. The fourth-order valence-electron chi connectivity index (χ4n) is 3.31. The van der Waals surface area contributed by atoms with Gasteiger partial charge in [-0.15, -0.1) is 0 Å². The summed E-state index contributed by atoms with van der Waals surface area (Å²) < 4.78 is 22.9. The Bertz CT molecular complexity index is 1030. The van der Waals surface area contributed by atoms with Gasteiger partial charge in [-0.05, 0) is 48.6 Å². The number of hydrogen-bond donors (Lipinski definition) is 2. The van der Waals surface area contributed by atoms with Gasteiger partial charge in [-0.3, -0.25) is 9.35 Å². The van der Waals surface area contributed by atoms with Crippen molar-refractivity contribution in [1.82, 2.24) is 14.3 Å². The molecular formula is C19H19N3O3S. The first-order valence-electron chi connectivity index (χ1n) is 8.52. The average molecular weight is 369 g/mol. The Morgan fingerprint density at radius 2 is 1.92 bits per heavy atom. The standard InChI is InChI=1S/C19H19N3O3S/c1-12(22(26(24)25)15-6-7-15)13-2-4-14(5-3-13)16-10-11-20-19-17(16)8-9-18(23)21-19/h2-5,8-12,15H,6-7H2,1H3,(H,24,25)(H,20,21,23). The summed E-state index contributed by atoms with van der Waals surface area (Å²) in [6.45, 7) is 1.95. The maximum absolute atomic E-state index is 11.7. The number of aromatic nitrogens is 2. The smallest absolute Gasteiger partial charge is 0.249 e. The van der Waals surface area contributed by atoms with E-state index in [-0.39, 0.29) is 17.6 Å². The van der Waals surface area contributed by atoms with Gasteiger partial charge in [0.2, 0.25) is 16.8 Å². The number of rotatable bonds is 5. The molecule has 0 radical (unpaired) electrons. The van der Waals surface area contributed by atoms with Crippen molar-refractivity contribution in [2.45, 2.75) is 31.8 Å². The van der Waals surface area contributed by atoms with E-state index in [1.54, 1.807) is 16.6 Å². The first-order valence-corrected chi connectivity index (χ1v) is 9.58. The SMILES string of the molecule is CC(c1ccc(-c2ccnc3[nH]c(=O)ccc23)cc1)N(C1CC1)S(=O)O. The molecule has 4 rings (SSSR count). The van der Waals surface area contributed by atoms with Crippen molar-refractivity contribution in [2.75, 3.05) is 0 Å². The number of nitrogens with zero attached hydrogens (tertiary/aromatic N) is 2. The molecule has 26 heavy (non-hydrogen) atoms. The minimum absolute atomic E-state index is 0.132. The Morgan fingerprint density at radius 1 is 1.19 bits per heavy atom. The van der Waals surface area contributed by atoms with Gasteiger partial charge in [-0.2, -0.15) is 4.31 Å². The van der Waals surface area contributed by atoms with Crippen molar-refractivity contribution in [3.8, 4) is 11.1 Å². The van der Waals surface area contributed by atoms with Crippen molar-refractivity contribution in [3.63, 3.8) is 0 Å². The predicted octanol–water partition coefficient (Wildman–Crippen LogP) is 3.25. The molecule has 2 atom stereocenters. The zero-order valence-corrected chi connectivity index (χ0v) is 15.1. The fraction of sp³-hybridized carbons (Fsp3) is 0.263. The highest BCUT2D eigenvalue weighted by Crippen LogP contribution is 2.36. The second kappa shape index (κ2) is 6.75. The molecule has 2 aromatic heterocycles. The summed E-state index contributed by atoms with van der Waals surface area (Å²) in [7, 11) is 0. The van der Waals surface area contributed by atoms with Crippen molar-refractivity contribution in [1.29, 1.82) is 0 Å². The summed E-state index contributed by atoms with van der Waals surface area (Å²) in [6, 6.07) is 13.2. The molecule has 3 aromatic rings. The van der Waals surface area contributed by atoms with Crippen LogP contribution in [0.15, 0.2) is 53.5 Å². The van der Waals surface area contributed by atoms with Gasteiger partial charge in [-0.25, -0.2) is 9.19 Å². The average Bonchev–Trinajstić information content (AvgIpc) is 3.45. The predicted molar refractivity (Wildman–Crippen MR) is 102 cm³/mol. The highest BCUT2D eigenvalue weighted by molar-refractivity contribution is 7.76. The van der Waals surface area contributed by atoms with Crippen molar-refractivity contribution in [2.24, 2.45) is 0 Å². The number of H-pyrrole nitrogens is 1. The van der Waals surface area contributed by atoms with E-state index >= 15 is 0 Å². The third-order valence-electron chi connectivity index (χ3n) is 4.81. The van der Waals surface area contributed by atoms with Crippen LogP contribution in [0.3, 0.4) is 0 Å². The van der Waals surface area contributed by atoms with Crippen LogP contribution in [0.1, 0.15) is 31.4 Å². The second-order valence-corrected chi connectivity index (χ2v) is 7.45. The molecule has 0 spiro atoms. The number of fused-ring (bicyclic) bond motifs is 1. The molecule has 1 aromatic carbocycles. The monoisotopic (exact) mass is 369 g/mol. The zero-order chi connectivity index (χ0) is 18.3. The summed E-state index contributed by atoms with van der Waals surface area (Å²) in [4.78, 5) is 18.4. The minimum atomic E-state index is -1.97. The highest BCUT2D eigenvalue weighted by Gasteiger charge is 2.36. The van der Waals surface area contributed by atoms with Gasteiger partial charge in [0.15, 0.2) is 0 Å². The van der Waals surface area contributed by atoms with Gasteiger partial charge < -0.3 is 4.98 Å². The Kier molecular flexibility index (Phi) is 4.44. The van der Waals surface area contributed by atoms with E-state index in [2.05, 4.69) is 9.97 Å². The Labute approximate surface area is 153 Å². The van der Waals surface area contributed by atoms with Gasteiger partial charge in [0, 0.05) is 29.7 Å². The van der Waals surface area contributed by atoms with Gasteiger partial charge in [0.05, 0.1) is 0 Å². The molecule has 2 heterocycles. The van der Waals surface area contributed by atoms with Crippen LogP contribution >= 0.6 is 0 Å². The zero-order valence-electron chi connectivity index (χ0n) is 14.3. The van der Waals surface area contributed by atoms with E-state index in [1.807, 2.05) is 37.3 Å². The molecule has 1 fully saturated rings. The summed E-state index contributed by atoms with van der Waals surface area (Å²) in [5, 5.41) is 0.879. The Balaban J connectivity index is 1.68. The van der Waals surface area contributed by atoms with Crippen LogP contribution in [0.4, 0.5) is 0 Å². The molecule has 1 saturated carbocycles. The molecule has 134 valence electrons. The fourth-order valence-corrected chi connectivity index (χ4v) is 4.16. The van der Waals surface area contributed by atoms with E-state index in [0.29, 0.717) is 5.65 Å². The number of pyridine rings is 2. The molecule has 1 aliphatic rings. The first kappa shape index (κ1) is 17.1. The largest absolute Gasteiger partial charge is 0.307 e. The maximum Gasteiger partial charge on any atom is 0.249 e. The normalized spacial score (nSPS) is 16.7. The summed E-state index contributed by atoms with van der Waals surface area (Å²) >= 11 is -1.97. The molecule has 2 unspecified atom stereocenters. The minimum Gasteiger partial charge on any atom is -0.307 e. The molecule has 1 aliphatic carbocycles. The summed E-state index contributed by atoms with van der Waals surface area (Å²) in [5.74, 6) is 0. The number of aromatic amines is 1. The highest BCUT2D eigenvalue weighted by atomic mass is 32.2. The topological polar surface area (TPSA) is 86.3 Å². The van der Waals surface area contributed by atoms with Crippen LogP contribution in [0.5, 0.6) is 0 Å². The van der Waals surface area contributed by atoms with Crippen molar-refractivity contribution in [3.05, 3.63) is 64.6 Å². The quantitative estimate of drug-likeness (QED) is 0.676. The third-order valence-corrected chi connectivity index (χ3v) is 5.78. The Hall–Kier alpha value is -2.35. The Morgan fingerprint density at radius 3 is 2.58 bits per heavy atom. The molecule has 0 aliphatic heterocycles. The van der Waals surface area contributed by atoms with Gasteiger partial charge in [0.25, 0.3) is 0 Å². The molecule has 2 N–H and O–H groups in total. The molecular weight excluding hydrogens is 350 g/mol. The summed E-state index contributed by atoms with van der Waals surface area (Å²) in [5.41, 5.74) is 3.36. The summed E-state index contributed by atoms with van der Waals surface area (Å²) in [6.07, 6.45) is 3.61.